The van der Waals surface area contributed by atoms with Gasteiger partial charge in [0.05, 0.1) is 23.3 Å². The zero-order valence-corrected chi connectivity index (χ0v) is 8.57. The Bertz CT molecular complexity index is 492. The minimum Gasteiger partial charge on any atom is -0.397 e. The maximum absolute atomic E-state index is 5.88. The molecule has 76 valence electrons. The van der Waals surface area contributed by atoms with Crippen LogP contribution in [0.2, 0.25) is 0 Å². The van der Waals surface area contributed by atoms with E-state index in [1.807, 2.05) is 31.2 Å². The summed E-state index contributed by atoms with van der Waals surface area (Å²) in [6, 6.07) is 9.73. The maximum Gasteiger partial charge on any atom is 0.0935 e. The SMILES string of the molecule is Cc1ccccc1-c1ncc(N)cc1N. The minimum atomic E-state index is 0.588. The zero-order valence-electron chi connectivity index (χ0n) is 8.57. The summed E-state index contributed by atoms with van der Waals surface area (Å²) in [5.41, 5.74) is 15.7. The number of pyridine rings is 1. The standard InChI is InChI=1S/C12H13N3/c1-8-4-2-3-5-10(8)12-11(14)6-9(13)7-15-12/h2-7H,13-14H2,1H3. The number of nitrogens with zero attached hydrogens (tertiary/aromatic N) is 1. The molecule has 0 bridgehead atoms. The monoisotopic (exact) mass is 199 g/mol. The predicted octanol–water partition coefficient (Wildman–Crippen LogP) is 2.22. The third kappa shape index (κ3) is 1.76. The third-order valence-electron chi connectivity index (χ3n) is 2.34. The first kappa shape index (κ1) is 9.52. The van der Waals surface area contributed by atoms with Crippen LogP contribution in [-0.2, 0) is 0 Å². The van der Waals surface area contributed by atoms with Crippen LogP contribution in [0.25, 0.3) is 11.3 Å². The number of hydrogen-bond donors (Lipinski definition) is 2. The highest BCUT2D eigenvalue weighted by Crippen LogP contribution is 2.27. The van der Waals surface area contributed by atoms with Crippen LogP contribution in [0.1, 0.15) is 5.56 Å². The molecule has 4 N–H and O–H groups in total. The number of nitrogen functional groups attached to an aromatic ring is 2. The van der Waals surface area contributed by atoms with Gasteiger partial charge in [-0.1, -0.05) is 24.3 Å². The molecule has 0 unspecified atom stereocenters. The molecule has 0 aliphatic rings. The van der Waals surface area contributed by atoms with Gasteiger partial charge in [0.25, 0.3) is 0 Å². The number of benzene rings is 1. The van der Waals surface area contributed by atoms with Crippen LogP contribution in [0.15, 0.2) is 36.5 Å². The fourth-order valence-corrected chi connectivity index (χ4v) is 1.56. The normalized spacial score (nSPS) is 10.2. The van der Waals surface area contributed by atoms with Crippen molar-refractivity contribution in [3.63, 3.8) is 0 Å². The Morgan fingerprint density at radius 1 is 1.13 bits per heavy atom. The predicted molar refractivity (Wildman–Crippen MR) is 63.2 cm³/mol. The molecule has 1 aromatic carbocycles. The van der Waals surface area contributed by atoms with Gasteiger partial charge in [0.15, 0.2) is 0 Å². The first-order valence-corrected chi connectivity index (χ1v) is 4.75. The number of anilines is 2. The average Bonchev–Trinajstić information content (AvgIpc) is 2.20. The highest BCUT2D eigenvalue weighted by atomic mass is 14.8. The molecule has 1 heterocycles. The molecule has 15 heavy (non-hydrogen) atoms. The van der Waals surface area contributed by atoms with Gasteiger partial charge in [0.2, 0.25) is 0 Å². The Labute approximate surface area is 88.8 Å². The summed E-state index contributed by atoms with van der Waals surface area (Å²) in [5, 5.41) is 0. The van der Waals surface area contributed by atoms with Gasteiger partial charge < -0.3 is 11.5 Å². The maximum atomic E-state index is 5.88. The number of hydrogen-bond acceptors (Lipinski definition) is 3. The van der Waals surface area contributed by atoms with Gasteiger partial charge in [-0.3, -0.25) is 4.98 Å². The fourth-order valence-electron chi connectivity index (χ4n) is 1.56. The highest BCUT2D eigenvalue weighted by molar-refractivity contribution is 5.76. The Balaban J connectivity index is 2.60. The van der Waals surface area contributed by atoms with Gasteiger partial charge in [-0.25, -0.2) is 0 Å². The molecule has 0 fully saturated rings. The fraction of sp³-hybridized carbons (Fsp3) is 0.0833. The first-order chi connectivity index (χ1) is 7.18. The summed E-state index contributed by atoms with van der Waals surface area (Å²) in [4.78, 5) is 4.26. The summed E-state index contributed by atoms with van der Waals surface area (Å²) in [5.74, 6) is 0. The van der Waals surface area contributed by atoms with Crippen LogP contribution in [0.4, 0.5) is 11.4 Å². The van der Waals surface area contributed by atoms with Gasteiger partial charge in [-0.2, -0.15) is 0 Å². The van der Waals surface area contributed by atoms with Crippen molar-refractivity contribution in [1.82, 2.24) is 4.98 Å². The van der Waals surface area contributed by atoms with E-state index >= 15 is 0 Å². The molecule has 0 radical (unpaired) electrons. The molecule has 2 aromatic rings. The lowest BCUT2D eigenvalue weighted by Gasteiger charge is -2.08. The zero-order chi connectivity index (χ0) is 10.8. The van der Waals surface area contributed by atoms with Crippen molar-refractivity contribution in [3.05, 3.63) is 42.1 Å². The van der Waals surface area contributed by atoms with Crippen molar-refractivity contribution >= 4 is 11.4 Å². The topological polar surface area (TPSA) is 64.9 Å². The molecule has 0 saturated heterocycles. The second-order valence-corrected chi connectivity index (χ2v) is 3.52. The summed E-state index contributed by atoms with van der Waals surface area (Å²) < 4.78 is 0. The van der Waals surface area contributed by atoms with Crippen LogP contribution in [0, 0.1) is 6.92 Å². The molecular formula is C12H13N3. The van der Waals surface area contributed by atoms with Crippen molar-refractivity contribution in [3.8, 4) is 11.3 Å². The van der Waals surface area contributed by atoms with Crippen LogP contribution in [-0.4, -0.2) is 4.98 Å². The summed E-state index contributed by atoms with van der Waals surface area (Å²) in [7, 11) is 0. The Kier molecular flexibility index (Phi) is 2.29. The lowest BCUT2D eigenvalue weighted by atomic mass is 10.0. The molecule has 0 saturated carbocycles. The Morgan fingerprint density at radius 2 is 1.87 bits per heavy atom. The Morgan fingerprint density at radius 3 is 2.53 bits per heavy atom. The third-order valence-corrected chi connectivity index (χ3v) is 2.34. The van der Waals surface area contributed by atoms with Gasteiger partial charge in [0, 0.05) is 5.56 Å². The van der Waals surface area contributed by atoms with Crippen molar-refractivity contribution in [2.24, 2.45) is 0 Å². The van der Waals surface area contributed by atoms with Gasteiger partial charge in [0.1, 0.15) is 0 Å². The number of aromatic nitrogens is 1. The van der Waals surface area contributed by atoms with E-state index in [0.29, 0.717) is 11.4 Å². The molecule has 0 amide bonds. The number of aryl methyl sites for hydroxylation is 1. The van der Waals surface area contributed by atoms with E-state index in [0.717, 1.165) is 16.8 Å². The van der Waals surface area contributed by atoms with E-state index < -0.39 is 0 Å². The smallest absolute Gasteiger partial charge is 0.0935 e. The van der Waals surface area contributed by atoms with Gasteiger partial charge >= 0.3 is 0 Å². The van der Waals surface area contributed by atoms with Crippen molar-refractivity contribution < 1.29 is 0 Å². The second kappa shape index (κ2) is 3.61. The van der Waals surface area contributed by atoms with E-state index in [1.54, 1.807) is 12.3 Å². The summed E-state index contributed by atoms with van der Waals surface area (Å²) in [6.45, 7) is 2.03. The molecule has 0 aliphatic carbocycles. The second-order valence-electron chi connectivity index (χ2n) is 3.52. The van der Waals surface area contributed by atoms with E-state index in [2.05, 4.69) is 4.98 Å². The molecule has 0 aliphatic heterocycles. The number of nitrogens with two attached hydrogens (primary N) is 2. The lowest BCUT2D eigenvalue weighted by molar-refractivity contribution is 1.31. The van der Waals surface area contributed by atoms with Crippen LogP contribution >= 0.6 is 0 Å². The van der Waals surface area contributed by atoms with E-state index in [4.69, 9.17) is 11.5 Å². The van der Waals surface area contributed by atoms with Crippen molar-refractivity contribution in [2.45, 2.75) is 6.92 Å². The molecular weight excluding hydrogens is 186 g/mol. The van der Waals surface area contributed by atoms with Crippen molar-refractivity contribution in [2.75, 3.05) is 11.5 Å². The van der Waals surface area contributed by atoms with Crippen LogP contribution in [0.3, 0.4) is 0 Å². The summed E-state index contributed by atoms with van der Waals surface area (Å²) in [6.07, 6.45) is 1.62. The summed E-state index contributed by atoms with van der Waals surface area (Å²) >= 11 is 0. The quantitative estimate of drug-likeness (QED) is 0.740. The highest BCUT2D eigenvalue weighted by Gasteiger charge is 2.06. The largest absolute Gasteiger partial charge is 0.397 e. The van der Waals surface area contributed by atoms with E-state index in [-0.39, 0.29) is 0 Å². The molecule has 1 aromatic heterocycles. The molecule has 0 spiro atoms. The van der Waals surface area contributed by atoms with E-state index in [1.165, 1.54) is 0 Å². The van der Waals surface area contributed by atoms with Gasteiger partial charge in [-0.15, -0.1) is 0 Å². The van der Waals surface area contributed by atoms with Crippen LogP contribution in [0.5, 0.6) is 0 Å². The molecule has 3 nitrogen and oxygen atoms in total. The molecule has 3 heteroatoms. The van der Waals surface area contributed by atoms with E-state index in [9.17, 15) is 0 Å². The van der Waals surface area contributed by atoms with Gasteiger partial charge in [-0.05, 0) is 18.6 Å². The van der Waals surface area contributed by atoms with Crippen molar-refractivity contribution in [1.29, 1.82) is 0 Å². The minimum absolute atomic E-state index is 0.588. The van der Waals surface area contributed by atoms with Crippen LogP contribution < -0.4 is 11.5 Å². The number of rotatable bonds is 1. The molecule has 0 atom stereocenters. The molecule has 2 rings (SSSR count). The Hall–Kier alpha value is -2.03. The first-order valence-electron chi connectivity index (χ1n) is 4.75. The average molecular weight is 199 g/mol. The lowest BCUT2D eigenvalue weighted by Crippen LogP contribution is -1.97.